The second-order valence-electron chi connectivity index (χ2n) is 7.48. The van der Waals surface area contributed by atoms with Crippen LogP contribution in [0.25, 0.3) is 0 Å². The van der Waals surface area contributed by atoms with Crippen LogP contribution in [0.1, 0.15) is 29.6 Å². The topological polar surface area (TPSA) is 114 Å². The van der Waals surface area contributed by atoms with Gasteiger partial charge in [-0.3, -0.25) is 4.79 Å². The standard InChI is InChI=1S/C22H27FN2O6S/c1-30-15-6-9-17(10-7-15)32(28,29)25-20-11-8-16(31-21(20)14-26)12-13-24-22(27)18-4-2-3-5-19(18)23/h2-7,9-10,16,20-21,25-26H,8,11-14H2,1H3,(H,24,27)/t16-,20-,21-/m0/s1. The number of rotatable bonds is 9. The van der Waals surface area contributed by atoms with E-state index < -0.39 is 33.9 Å². The molecule has 1 fully saturated rings. The van der Waals surface area contributed by atoms with E-state index in [1.807, 2.05) is 0 Å². The molecule has 174 valence electrons. The first kappa shape index (κ1) is 24.1. The van der Waals surface area contributed by atoms with Gasteiger partial charge in [0.15, 0.2) is 0 Å². The van der Waals surface area contributed by atoms with Gasteiger partial charge in [0.1, 0.15) is 11.6 Å². The fourth-order valence-corrected chi connectivity index (χ4v) is 4.89. The Bertz CT molecular complexity index is 1020. The quantitative estimate of drug-likeness (QED) is 0.520. The van der Waals surface area contributed by atoms with Gasteiger partial charge >= 0.3 is 0 Å². The molecule has 2 aromatic rings. The number of carbonyl (C=O) groups is 1. The monoisotopic (exact) mass is 466 g/mol. The molecule has 0 aromatic heterocycles. The van der Waals surface area contributed by atoms with E-state index >= 15 is 0 Å². The number of sulfonamides is 1. The van der Waals surface area contributed by atoms with E-state index in [0.717, 1.165) is 0 Å². The van der Waals surface area contributed by atoms with Crippen LogP contribution in [-0.4, -0.2) is 57.9 Å². The average molecular weight is 467 g/mol. The molecule has 0 saturated carbocycles. The molecule has 0 aliphatic carbocycles. The third kappa shape index (κ3) is 6.04. The van der Waals surface area contributed by atoms with Crippen LogP contribution >= 0.6 is 0 Å². The maximum Gasteiger partial charge on any atom is 0.254 e. The summed E-state index contributed by atoms with van der Waals surface area (Å²) in [6.45, 7) is -0.0912. The summed E-state index contributed by atoms with van der Waals surface area (Å²) >= 11 is 0. The molecule has 1 heterocycles. The molecule has 8 nitrogen and oxygen atoms in total. The highest BCUT2D eigenvalue weighted by Crippen LogP contribution is 2.24. The molecule has 1 amide bonds. The highest BCUT2D eigenvalue weighted by Gasteiger charge is 2.34. The summed E-state index contributed by atoms with van der Waals surface area (Å²) in [4.78, 5) is 12.2. The summed E-state index contributed by atoms with van der Waals surface area (Å²) in [6, 6.07) is 11.1. The average Bonchev–Trinajstić information content (AvgIpc) is 2.80. The van der Waals surface area contributed by atoms with Crippen LogP contribution in [0.5, 0.6) is 5.75 Å². The Hall–Kier alpha value is -2.53. The van der Waals surface area contributed by atoms with E-state index in [1.54, 1.807) is 18.2 Å². The molecular formula is C22H27FN2O6S. The zero-order chi connectivity index (χ0) is 23.1. The van der Waals surface area contributed by atoms with Crippen LogP contribution in [0.3, 0.4) is 0 Å². The second kappa shape index (κ2) is 10.9. The lowest BCUT2D eigenvalue weighted by Crippen LogP contribution is -2.51. The number of hydrogen-bond acceptors (Lipinski definition) is 6. The lowest BCUT2D eigenvalue weighted by Gasteiger charge is -2.36. The van der Waals surface area contributed by atoms with Crippen molar-refractivity contribution in [1.82, 2.24) is 10.0 Å². The Morgan fingerprint density at radius 3 is 2.56 bits per heavy atom. The molecule has 1 aliphatic heterocycles. The van der Waals surface area contributed by atoms with Crippen molar-refractivity contribution in [2.45, 2.75) is 42.4 Å². The van der Waals surface area contributed by atoms with E-state index in [4.69, 9.17) is 9.47 Å². The molecule has 32 heavy (non-hydrogen) atoms. The van der Waals surface area contributed by atoms with Gasteiger partial charge in [-0.05, 0) is 55.7 Å². The van der Waals surface area contributed by atoms with Crippen molar-refractivity contribution in [3.63, 3.8) is 0 Å². The maximum absolute atomic E-state index is 13.7. The summed E-state index contributed by atoms with van der Waals surface area (Å²) in [7, 11) is -2.30. The van der Waals surface area contributed by atoms with Gasteiger partial charge in [-0.2, -0.15) is 0 Å². The number of methoxy groups -OCH3 is 1. The molecule has 0 bridgehead atoms. The minimum absolute atomic E-state index is 0.0294. The number of carbonyl (C=O) groups excluding carboxylic acids is 1. The van der Waals surface area contributed by atoms with Crippen LogP contribution in [0.15, 0.2) is 53.4 Å². The zero-order valence-electron chi connectivity index (χ0n) is 17.7. The molecule has 1 saturated heterocycles. The van der Waals surface area contributed by atoms with Gasteiger partial charge in [0.2, 0.25) is 10.0 Å². The Kier molecular flexibility index (Phi) is 8.19. The zero-order valence-corrected chi connectivity index (χ0v) is 18.5. The fraction of sp³-hybridized carbons (Fsp3) is 0.409. The normalized spacial score (nSPS) is 21.2. The van der Waals surface area contributed by atoms with Crippen LogP contribution in [0, 0.1) is 5.82 Å². The van der Waals surface area contributed by atoms with Crippen molar-refractivity contribution in [1.29, 1.82) is 0 Å². The summed E-state index contributed by atoms with van der Waals surface area (Å²) in [6.07, 6.45) is 0.474. The predicted molar refractivity (Wildman–Crippen MR) is 115 cm³/mol. The highest BCUT2D eigenvalue weighted by molar-refractivity contribution is 7.89. The van der Waals surface area contributed by atoms with Gasteiger partial charge in [0.25, 0.3) is 5.91 Å². The molecular weight excluding hydrogens is 439 g/mol. The van der Waals surface area contributed by atoms with E-state index in [9.17, 15) is 22.7 Å². The van der Waals surface area contributed by atoms with E-state index in [1.165, 1.54) is 37.4 Å². The third-order valence-electron chi connectivity index (χ3n) is 5.34. The van der Waals surface area contributed by atoms with Gasteiger partial charge < -0.3 is 19.9 Å². The van der Waals surface area contributed by atoms with Crippen LogP contribution in [0.2, 0.25) is 0 Å². The Morgan fingerprint density at radius 1 is 1.19 bits per heavy atom. The van der Waals surface area contributed by atoms with Crippen LogP contribution < -0.4 is 14.8 Å². The summed E-state index contributed by atoms with van der Waals surface area (Å²) in [5, 5.41) is 12.4. The van der Waals surface area contributed by atoms with Crippen molar-refractivity contribution in [3.05, 3.63) is 59.9 Å². The molecule has 3 atom stereocenters. The fourth-order valence-electron chi connectivity index (χ4n) is 3.59. The number of nitrogens with one attached hydrogen (secondary N) is 2. The molecule has 10 heteroatoms. The van der Waals surface area contributed by atoms with Crippen molar-refractivity contribution in [3.8, 4) is 5.75 Å². The van der Waals surface area contributed by atoms with Gasteiger partial charge in [0, 0.05) is 6.54 Å². The van der Waals surface area contributed by atoms with E-state index in [-0.39, 0.29) is 29.7 Å². The van der Waals surface area contributed by atoms with Gasteiger partial charge in [0.05, 0.1) is 42.4 Å². The first-order valence-electron chi connectivity index (χ1n) is 10.3. The molecule has 0 unspecified atom stereocenters. The van der Waals surface area contributed by atoms with Crippen molar-refractivity contribution >= 4 is 15.9 Å². The summed E-state index contributed by atoms with van der Waals surface area (Å²) < 4.78 is 52.6. The number of benzene rings is 2. The third-order valence-corrected chi connectivity index (χ3v) is 6.85. The number of aliphatic hydroxyl groups excluding tert-OH is 1. The number of amides is 1. The number of ether oxygens (including phenoxy) is 2. The van der Waals surface area contributed by atoms with Gasteiger partial charge in [-0.15, -0.1) is 0 Å². The second-order valence-corrected chi connectivity index (χ2v) is 9.20. The number of halogens is 1. The van der Waals surface area contributed by atoms with Crippen LogP contribution in [0.4, 0.5) is 4.39 Å². The van der Waals surface area contributed by atoms with Gasteiger partial charge in [-0.1, -0.05) is 12.1 Å². The molecule has 0 radical (unpaired) electrons. The Balaban J connectivity index is 1.52. The summed E-state index contributed by atoms with van der Waals surface area (Å²) in [5.41, 5.74) is -0.0294. The molecule has 3 N–H and O–H groups in total. The smallest absolute Gasteiger partial charge is 0.254 e. The number of hydrogen-bond donors (Lipinski definition) is 3. The first-order chi connectivity index (χ1) is 15.3. The Labute approximate surface area is 186 Å². The van der Waals surface area contributed by atoms with E-state index in [2.05, 4.69) is 10.0 Å². The van der Waals surface area contributed by atoms with Crippen molar-refractivity contribution in [2.24, 2.45) is 0 Å². The summed E-state index contributed by atoms with van der Waals surface area (Å²) in [5.74, 6) is -0.558. The predicted octanol–water partition coefficient (Wildman–Crippen LogP) is 1.84. The first-order valence-corrected chi connectivity index (χ1v) is 11.8. The minimum atomic E-state index is -3.80. The van der Waals surface area contributed by atoms with Crippen LogP contribution in [-0.2, 0) is 14.8 Å². The number of aliphatic hydroxyl groups is 1. The molecule has 0 spiro atoms. The van der Waals surface area contributed by atoms with Gasteiger partial charge in [-0.25, -0.2) is 17.5 Å². The largest absolute Gasteiger partial charge is 0.497 e. The lowest BCUT2D eigenvalue weighted by atomic mass is 9.98. The van der Waals surface area contributed by atoms with Crippen molar-refractivity contribution < 1.29 is 32.2 Å². The molecule has 1 aliphatic rings. The van der Waals surface area contributed by atoms with E-state index in [0.29, 0.717) is 25.0 Å². The SMILES string of the molecule is COc1ccc(S(=O)(=O)N[C@H]2CC[C@@H](CCNC(=O)c3ccccc3F)O[C@H]2CO)cc1. The maximum atomic E-state index is 13.7. The highest BCUT2D eigenvalue weighted by atomic mass is 32.2. The minimum Gasteiger partial charge on any atom is -0.497 e. The lowest BCUT2D eigenvalue weighted by molar-refractivity contribution is -0.0871. The van der Waals surface area contributed by atoms with Crippen molar-refractivity contribution in [2.75, 3.05) is 20.3 Å². The Morgan fingerprint density at radius 2 is 1.91 bits per heavy atom. The molecule has 2 aromatic carbocycles. The molecule has 3 rings (SSSR count).